The van der Waals surface area contributed by atoms with Crippen LogP contribution in [0.15, 0.2) is 66.7 Å². The number of methoxy groups -OCH3 is 2. The van der Waals surface area contributed by atoms with Crippen molar-refractivity contribution in [2.24, 2.45) is 5.73 Å². The molecule has 3 aromatic carbocycles. The van der Waals surface area contributed by atoms with Crippen molar-refractivity contribution in [3.05, 3.63) is 89.0 Å². The molecule has 226 valence electrons. The van der Waals surface area contributed by atoms with Gasteiger partial charge in [0.25, 0.3) is 0 Å². The van der Waals surface area contributed by atoms with Gasteiger partial charge in [-0.1, -0.05) is 30.3 Å². The highest BCUT2D eigenvalue weighted by atomic mass is 16.5. The van der Waals surface area contributed by atoms with Crippen molar-refractivity contribution in [3.8, 4) is 17.2 Å². The maximum Gasteiger partial charge on any atom is 0.338 e. The first-order valence-electron chi connectivity index (χ1n) is 13.9. The van der Waals surface area contributed by atoms with Crippen LogP contribution in [-0.2, 0) is 27.5 Å². The zero-order chi connectivity index (χ0) is 30.8. The number of piperazine rings is 1. The van der Waals surface area contributed by atoms with Crippen molar-refractivity contribution in [3.63, 3.8) is 0 Å². The van der Waals surface area contributed by atoms with E-state index < -0.39 is 17.8 Å². The SMILES string of the molecule is COc1ccc(CN2CCN(CCCCOc3ccc(C(=O)OCc4ccccc4)cc3C(=N)N)C(=O)C2=O)c(OC)c1. The Morgan fingerprint density at radius 2 is 1.63 bits per heavy atom. The highest BCUT2D eigenvalue weighted by Crippen LogP contribution is 2.26. The summed E-state index contributed by atoms with van der Waals surface area (Å²) in [6.07, 6.45) is 1.22. The van der Waals surface area contributed by atoms with Gasteiger partial charge in [0.2, 0.25) is 0 Å². The van der Waals surface area contributed by atoms with Crippen molar-refractivity contribution in [2.75, 3.05) is 40.5 Å². The number of nitrogens with one attached hydrogen (secondary N) is 1. The van der Waals surface area contributed by atoms with Crippen LogP contribution in [0.2, 0.25) is 0 Å². The van der Waals surface area contributed by atoms with Gasteiger partial charge in [0.1, 0.15) is 29.7 Å². The summed E-state index contributed by atoms with van der Waals surface area (Å²) in [6.45, 7) is 1.96. The average Bonchev–Trinajstić information content (AvgIpc) is 3.03. The quantitative estimate of drug-likeness (QED) is 0.0959. The first-order valence-corrected chi connectivity index (χ1v) is 13.9. The number of ether oxygens (including phenoxy) is 4. The van der Waals surface area contributed by atoms with Crippen LogP contribution in [0.25, 0.3) is 0 Å². The lowest BCUT2D eigenvalue weighted by Gasteiger charge is -2.34. The number of esters is 1. The van der Waals surface area contributed by atoms with Gasteiger partial charge in [-0.05, 0) is 48.7 Å². The van der Waals surface area contributed by atoms with E-state index in [1.54, 1.807) is 43.4 Å². The number of amides is 2. The molecule has 0 aliphatic carbocycles. The van der Waals surface area contributed by atoms with E-state index in [1.807, 2.05) is 36.4 Å². The van der Waals surface area contributed by atoms with Crippen LogP contribution in [0, 0.1) is 5.41 Å². The lowest BCUT2D eigenvalue weighted by atomic mass is 10.1. The van der Waals surface area contributed by atoms with Crippen molar-refractivity contribution in [2.45, 2.75) is 26.0 Å². The third-order valence-corrected chi connectivity index (χ3v) is 7.05. The number of carbonyl (C=O) groups excluding carboxylic acids is 3. The number of nitrogens with zero attached hydrogens (tertiary/aromatic N) is 2. The molecule has 3 aromatic rings. The Morgan fingerprint density at radius 1 is 0.884 bits per heavy atom. The Kier molecular flexibility index (Phi) is 10.6. The maximum absolute atomic E-state index is 12.8. The number of unbranched alkanes of at least 4 members (excludes halogenated alkanes) is 1. The Balaban J connectivity index is 1.23. The predicted molar refractivity (Wildman–Crippen MR) is 159 cm³/mol. The lowest BCUT2D eigenvalue weighted by molar-refractivity contribution is -0.156. The zero-order valence-corrected chi connectivity index (χ0v) is 24.3. The number of nitrogens with two attached hydrogens (primary N) is 1. The number of benzene rings is 3. The number of amidine groups is 1. The molecule has 11 nitrogen and oxygen atoms in total. The minimum absolute atomic E-state index is 0.133. The standard InChI is InChI=1S/C32H36N4O7/c1-40-25-12-10-24(28(19-25)41-2)20-36-16-15-35(30(37)31(36)38)14-6-7-17-42-27-13-11-23(18-26(27)29(33)34)32(39)43-21-22-8-4-3-5-9-22/h3-5,8-13,18-19H,6-7,14-17,20-21H2,1-2H3,(H3,33,34). The summed E-state index contributed by atoms with van der Waals surface area (Å²) in [4.78, 5) is 41.2. The fourth-order valence-corrected chi connectivity index (χ4v) is 4.65. The molecule has 3 N–H and O–H groups in total. The first kappa shape index (κ1) is 30.9. The third kappa shape index (κ3) is 8.03. The van der Waals surface area contributed by atoms with Gasteiger partial charge in [-0.3, -0.25) is 15.0 Å². The minimum atomic E-state index is -0.547. The van der Waals surface area contributed by atoms with Crippen molar-refractivity contribution >= 4 is 23.6 Å². The van der Waals surface area contributed by atoms with Gasteiger partial charge in [0.15, 0.2) is 0 Å². The van der Waals surface area contributed by atoms with Gasteiger partial charge in [-0.15, -0.1) is 0 Å². The van der Waals surface area contributed by atoms with E-state index in [0.29, 0.717) is 61.9 Å². The molecule has 2 amide bonds. The minimum Gasteiger partial charge on any atom is -0.497 e. The second kappa shape index (κ2) is 14.7. The summed E-state index contributed by atoms with van der Waals surface area (Å²) >= 11 is 0. The maximum atomic E-state index is 12.8. The van der Waals surface area contributed by atoms with Crippen LogP contribution < -0.4 is 19.9 Å². The van der Waals surface area contributed by atoms with Gasteiger partial charge in [0.05, 0.1) is 32.0 Å². The average molecular weight is 589 g/mol. The summed E-state index contributed by atoms with van der Waals surface area (Å²) in [5.74, 6) is -0.233. The van der Waals surface area contributed by atoms with Crippen molar-refractivity contribution in [1.82, 2.24) is 9.80 Å². The van der Waals surface area contributed by atoms with Gasteiger partial charge in [0, 0.05) is 37.8 Å². The number of rotatable bonds is 14. The Bertz CT molecular complexity index is 1460. The molecule has 43 heavy (non-hydrogen) atoms. The summed E-state index contributed by atoms with van der Waals surface area (Å²) in [5, 5.41) is 7.92. The molecule has 0 atom stereocenters. The van der Waals surface area contributed by atoms with Gasteiger partial charge >= 0.3 is 17.8 Å². The number of hydrogen-bond acceptors (Lipinski definition) is 8. The van der Waals surface area contributed by atoms with E-state index >= 15 is 0 Å². The number of hydrogen-bond donors (Lipinski definition) is 2. The van der Waals surface area contributed by atoms with E-state index in [0.717, 1.165) is 11.1 Å². The summed E-state index contributed by atoms with van der Waals surface area (Å²) in [6, 6.07) is 19.3. The van der Waals surface area contributed by atoms with E-state index in [-0.39, 0.29) is 24.6 Å². The molecule has 1 aliphatic rings. The van der Waals surface area contributed by atoms with E-state index in [1.165, 1.54) is 11.0 Å². The molecular formula is C32H36N4O7. The lowest BCUT2D eigenvalue weighted by Crippen LogP contribution is -2.54. The van der Waals surface area contributed by atoms with Crippen molar-refractivity contribution < 1.29 is 33.3 Å². The molecule has 0 radical (unpaired) electrons. The smallest absolute Gasteiger partial charge is 0.338 e. The second-order valence-electron chi connectivity index (χ2n) is 9.94. The number of carbonyl (C=O) groups is 3. The van der Waals surface area contributed by atoms with Gasteiger partial charge in [-0.2, -0.15) is 0 Å². The highest BCUT2D eigenvalue weighted by Gasteiger charge is 2.32. The Labute approximate surface area is 250 Å². The molecule has 1 saturated heterocycles. The monoisotopic (exact) mass is 588 g/mol. The molecule has 0 saturated carbocycles. The van der Waals surface area contributed by atoms with Gasteiger partial charge < -0.3 is 34.5 Å². The summed E-state index contributed by atoms with van der Waals surface area (Å²) < 4.78 is 21.9. The summed E-state index contributed by atoms with van der Waals surface area (Å²) in [5.41, 5.74) is 7.96. The van der Waals surface area contributed by atoms with E-state index in [9.17, 15) is 14.4 Å². The molecule has 0 bridgehead atoms. The van der Waals surface area contributed by atoms with Crippen LogP contribution in [0.1, 0.15) is 39.9 Å². The molecular weight excluding hydrogens is 552 g/mol. The number of nitrogen functional groups attached to an aromatic ring is 1. The molecule has 1 fully saturated rings. The van der Waals surface area contributed by atoms with Crippen LogP contribution in [0.4, 0.5) is 0 Å². The third-order valence-electron chi connectivity index (χ3n) is 7.05. The summed E-state index contributed by atoms with van der Waals surface area (Å²) in [7, 11) is 3.11. The normalized spacial score (nSPS) is 13.1. The largest absolute Gasteiger partial charge is 0.497 e. The molecule has 0 aromatic heterocycles. The van der Waals surface area contributed by atoms with Crippen LogP contribution >= 0.6 is 0 Å². The fraction of sp³-hybridized carbons (Fsp3) is 0.312. The fourth-order valence-electron chi connectivity index (χ4n) is 4.65. The molecule has 11 heteroatoms. The Hall–Kier alpha value is -5.06. The molecule has 0 unspecified atom stereocenters. The van der Waals surface area contributed by atoms with Crippen LogP contribution in [-0.4, -0.2) is 73.9 Å². The molecule has 1 heterocycles. The highest BCUT2D eigenvalue weighted by molar-refractivity contribution is 6.35. The van der Waals surface area contributed by atoms with Gasteiger partial charge in [-0.25, -0.2) is 4.79 Å². The molecule has 0 spiro atoms. The van der Waals surface area contributed by atoms with E-state index in [4.69, 9.17) is 30.1 Å². The van der Waals surface area contributed by atoms with Crippen LogP contribution in [0.5, 0.6) is 17.2 Å². The van der Waals surface area contributed by atoms with Crippen molar-refractivity contribution in [1.29, 1.82) is 5.41 Å². The molecule has 4 rings (SSSR count). The Morgan fingerprint density at radius 3 is 2.35 bits per heavy atom. The second-order valence-corrected chi connectivity index (χ2v) is 9.94. The first-order chi connectivity index (χ1) is 20.8. The topological polar surface area (TPSA) is 144 Å². The zero-order valence-electron chi connectivity index (χ0n) is 24.3. The predicted octanol–water partition coefficient (Wildman–Crippen LogP) is 3.37. The van der Waals surface area contributed by atoms with Crippen LogP contribution in [0.3, 0.4) is 0 Å². The van der Waals surface area contributed by atoms with E-state index in [2.05, 4.69) is 0 Å². The molecule has 1 aliphatic heterocycles.